The molecule has 3 aromatic rings. The van der Waals surface area contributed by atoms with Crippen molar-refractivity contribution < 1.29 is 5.11 Å². The van der Waals surface area contributed by atoms with Crippen molar-refractivity contribution in [1.82, 2.24) is 10.2 Å². The van der Waals surface area contributed by atoms with Gasteiger partial charge in [0.15, 0.2) is 5.69 Å². The first-order valence-electron chi connectivity index (χ1n) is 6.51. The summed E-state index contributed by atoms with van der Waals surface area (Å²) in [5, 5.41) is 23.5. The zero-order valence-electron chi connectivity index (χ0n) is 11.5. The average Bonchev–Trinajstić information content (AvgIpc) is 2.85. The van der Waals surface area contributed by atoms with Gasteiger partial charge in [-0.3, -0.25) is 15.0 Å². The fourth-order valence-corrected chi connectivity index (χ4v) is 2.54. The lowest BCUT2D eigenvalue weighted by Gasteiger charge is -2.00. The molecule has 6 nitrogen and oxygen atoms in total. The SMILES string of the molecule is O=c1[nH][nH]c(-c2cccc(O)c2)c1N=Nc1cc(Cl)cc(Cl)c1. The molecule has 0 atom stereocenters. The first-order valence-corrected chi connectivity index (χ1v) is 7.26. The third-order valence-corrected chi connectivity index (χ3v) is 3.44. The molecule has 1 aromatic heterocycles. The summed E-state index contributed by atoms with van der Waals surface area (Å²) in [4.78, 5) is 11.9. The van der Waals surface area contributed by atoms with Crippen molar-refractivity contribution in [2.24, 2.45) is 10.2 Å². The van der Waals surface area contributed by atoms with Crippen molar-refractivity contribution >= 4 is 34.6 Å². The molecule has 116 valence electrons. The highest BCUT2D eigenvalue weighted by molar-refractivity contribution is 6.35. The van der Waals surface area contributed by atoms with Gasteiger partial charge in [0.2, 0.25) is 0 Å². The molecule has 0 saturated carbocycles. The van der Waals surface area contributed by atoms with E-state index in [0.717, 1.165) is 0 Å². The number of hydrogen-bond donors (Lipinski definition) is 3. The van der Waals surface area contributed by atoms with Crippen LogP contribution in [0.5, 0.6) is 5.75 Å². The first-order chi connectivity index (χ1) is 11.0. The minimum Gasteiger partial charge on any atom is -0.508 e. The molecule has 0 spiro atoms. The summed E-state index contributed by atoms with van der Waals surface area (Å²) in [6.07, 6.45) is 0. The molecule has 3 N–H and O–H groups in total. The van der Waals surface area contributed by atoms with Crippen LogP contribution in [0.3, 0.4) is 0 Å². The predicted octanol–water partition coefficient (Wildman–Crippen LogP) is 4.80. The highest BCUT2D eigenvalue weighted by Crippen LogP contribution is 2.30. The van der Waals surface area contributed by atoms with Gasteiger partial charge in [0.25, 0.3) is 5.56 Å². The summed E-state index contributed by atoms with van der Waals surface area (Å²) in [6.45, 7) is 0. The second-order valence-corrected chi connectivity index (χ2v) is 5.55. The molecule has 0 aliphatic rings. The lowest BCUT2D eigenvalue weighted by molar-refractivity contribution is 0.475. The van der Waals surface area contributed by atoms with E-state index in [2.05, 4.69) is 20.4 Å². The van der Waals surface area contributed by atoms with Gasteiger partial charge in [0.1, 0.15) is 5.75 Å². The molecule has 0 fully saturated rings. The van der Waals surface area contributed by atoms with E-state index in [9.17, 15) is 9.90 Å². The van der Waals surface area contributed by atoms with Crippen molar-refractivity contribution in [3.63, 3.8) is 0 Å². The molecule has 0 aliphatic heterocycles. The number of halogens is 2. The lowest BCUT2D eigenvalue weighted by Crippen LogP contribution is -1.96. The second-order valence-electron chi connectivity index (χ2n) is 4.68. The van der Waals surface area contributed by atoms with E-state index in [0.29, 0.717) is 27.0 Å². The van der Waals surface area contributed by atoms with Crippen LogP contribution in [0.25, 0.3) is 11.3 Å². The summed E-state index contributed by atoms with van der Waals surface area (Å²) >= 11 is 11.8. The van der Waals surface area contributed by atoms with Crippen LogP contribution in [-0.2, 0) is 0 Å². The fraction of sp³-hybridized carbons (Fsp3) is 0. The summed E-state index contributed by atoms with van der Waals surface area (Å²) in [6, 6.07) is 11.2. The molecule has 0 aliphatic carbocycles. The number of H-pyrrole nitrogens is 2. The van der Waals surface area contributed by atoms with E-state index in [1.54, 1.807) is 30.3 Å². The van der Waals surface area contributed by atoms with Crippen LogP contribution in [0, 0.1) is 0 Å². The van der Waals surface area contributed by atoms with Crippen LogP contribution in [0.15, 0.2) is 57.5 Å². The van der Waals surface area contributed by atoms with Crippen LogP contribution in [-0.4, -0.2) is 15.3 Å². The van der Waals surface area contributed by atoms with E-state index in [1.165, 1.54) is 12.1 Å². The van der Waals surface area contributed by atoms with Gasteiger partial charge in [0, 0.05) is 15.6 Å². The second kappa shape index (κ2) is 6.28. The minimum atomic E-state index is -0.430. The number of aromatic amines is 2. The van der Waals surface area contributed by atoms with Gasteiger partial charge in [-0.1, -0.05) is 35.3 Å². The molecule has 23 heavy (non-hydrogen) atoms. The highest BCUT2D eigenvalue weighted by Gasteiger charge is 2.12. The predicted molar refractivity (Wildman–Crippen MR) is 89.2 cm³/mol. The number of azo groups is 1. The summed E-state index contributed by atoms with van der Waals surface area (Å²) in [5.74, 6) is 0.0778. The summed E-state index contributed by atoms with van der Waals surface area (Å²) in [7, 11) is 0. The van der Waals surface area contributed by atoms with Gasteiger partial charge >= 0.3 is 0 Å². The highest BCUT2D eigenvalue weighted by atomic mass is 35.5. The molecule has 3 rings (SSSR count). The number of rotatable bonds is 3. The zero-order valence-corrected chi connectivity index (χ0v) is 13.1. The smallest absolute Gasteiger partial charge is 0.292 e. The van der Waals surface area contributed by atoms with Crippen molar-refractivity contribution in [1.29, 1.82) is 0 Å². The summed E-state index contributed by atoms with van der Waals surface area (Å²) in [5.41, 5.74) is 1.10. The van der Waals surface area contributed by atoms with Gasteiger partial charge in [-0.25, -0.2) is 0 Å². The van der Waals surface area contributed by atoms with Gasteiger partial charge in [0.05, 0.1) is 11.4 Å². The van der Waals surface area contributed by atoms with Crippen molar-refractivity contribution in [3.8, 4) is 17.0 Å². The van der Waals surface area contributed by atoms with Gasteiger partial charge in [-0.2, -0.15) is 5.11 Å². The third kappa shape index (κ3) is 3.44. The Kier molecular flexibility index (Phi) is 4.18. The van der Waals surface area contributed by atoms with Crippen LogP contribution in [0.4, 0.5) is 11.4 Å². The molecular weight excluding hydrogens is 339 g/mol. The number of benzene rings is 2. The fourth-order valence-electron chi connectivity index (χ4n) is 2.02. The van der Waals surface area contributed by atoms with Crippen molar-refractivity contribution in [3.05, 3.63) is 62.9 Å². The molecule has 0 bridgehead atoms. The van der Waals surface area contributed by atoms with Crippen LogP contribution in [0.2, 0.25) is 10.0 Å². The quantitative estimate of drug-likeness (QED) is 0.593. The Morgan fingerprint density at radius 2 is 1.70 bits per heavy atom. The van der Waals surface area contributed by atoms with Gasteiger partial charge in [-0.15, -0.1) is 5.11 Å². The van der Waals surface area contributed by atoms with Crippen LogP contribution in [0.1, 0.15) is 0 Å². The molecular formula is C15H10Cl2N4O2. The molecule has 0 amide bonds. The molecule has 8 heteroatoms. The maximum absolute atomic E-state index is 11.9. The normalized spacial score (nSPS) is 11.2. The number of hydrogen-bond acceptors (Lipinski definition) is 4. The number of aromatic hydroxyl groups is 1. The zero-order chi connectivity index (χ0) is 16.4. The average molecular weight is 349 g/mol. The molecule has 1 heterocycles. The Balaban J connectivity index is 2.02. The van der Waals surface area contributed by atoms with Crippen LogP contribution < -0.4 is 5.56 Å². The van der Waals surface area contributed by atoms with Crippen molar-refractivity contribution in [2.75, 3.05) is 0 Å². The Morgan fingerprint density at radius 3 is 2.39 bits per heavy atom. The van der Waals surface area contributed by atoms with E-state index in [1.807, 2.05) is 0 Å². The largest absolute Gasteiger partial charge is 0.508 e. The minimum absolute atomic E-state index is 0.0778. The van der Waals surface area contributed by atoms with E-state index < -0.39 is 5.56 Å². The van der Waals surface area contributed by atoms with Crippen molar-refractivity contribution in [2.45, 2.75) is 0 Å². The number of phenols is 1. The van der Waals surface area contributed by atoms with E-state index >= 15 is 0 Å². The monoisotopic (exact) mass is 348 g/mol. The Bertz CT molecular complexity index is 926. The third-order valence-electron chi connectivity index (χ3n) is 3.00. The number of nitrogens with zero attached hydrogens (tertiary/aromatic N) is 2. The van der Waals surface area contributed by atoms with E-state index in [4.69, 9.17) is 23.2 Å². The number of phenolic OH excluding ortho intramolecular Hbond substituents is 1. The first kappa shape index (κ1) is 15.3. The Hall–Kier alpha value is -2.57. The standard InChI is InChI=1S/C15H10Cl2N4O2/c16-9-5-10(17)7-11(6-9)18-20-14-13(19-21-15(14)23)8-2-1-3-12(22)4-8/h1-7,22H,(H2,19,21,23). The summed E-state index contributed by atoms with van der Waals surface area (Å²) < 4.78 is 0. The maximum atomic E-state index is 11.9. The number of nitrogens with one attached hydrogen (secondary N) is 2. The van der Waals surface area contributed by atoms with Crippen LogP contribution >= 0.6 is 23.2 Å². The Morgan fingerprint density at radius 1 is 0.957 bits per heavy atom. The molecule has 0 radical (unpaired) electrons. The van der Waals surface area contributed by atoms with E-state index in [-0.39, 0.29) is 11.4 Å². The number of aromatic nitrogens is 2. The Labute approximate surface area is 140 Å². The van der Waals surface area contributed by atoms with Gasteiger partial charge in [-0.05, 0) is 30.3 Å². The maximum Gasteiger partial charge on any atom is 0.292 e. The van der Waals surface area contributed by atoms with Gasteiger partial charge < -0.3 is 5.11 Å². The molecule has 0 saturated heterocycles. The topological polar surface area (TPSA) is 93.6 Å². The molecule has 2 aromatic carbocycles. The molecule has 0 unspecified atom stereocenters. The lowest BCUT2D eigenvalue weighted by atomic mass is 10.1.